The summed E-state index contributed by atoms with van der Waals surface area (Å²) in [5.74, 6) is -3.65. The molecule has 0 aliphatic carbocycles. The SMILES string of the molecule is Cc1c2n(c3cc(Cl)ccc13)[C@H](C)CNC2.O=C(O)C(=O)O. The van der Waals surface area contributed by atoms with E-state index in [1.807, 2.05) is 6.07 Å². The quantitative estimate of drug-likeness (QED) is 0.647. The molecule has 3 N–H and O–H groups in total. The van der Waals surface area contributed by atoms with Crippen molar-refractivity contribution in [2.24, 2.45) is 0 Å². The van der Waals surface area contributed by atoms with Crippen molar-refractivity contribution < 1.29 is 19.8 Å². The van der Waals surface area contributed by atoms with E-state index < -0.39 is 11.9 Å². The molecule has 0 bridgehead atoms. The zero-order valence-electron chi connectivity index (χ0n) is 12.3. The molecular formula is C15H17ClN2O4. The first-order chi connectivity index (χ1) is 10.3. The van der Waals surface area contributed by atoms with Crippen LogP contribution in [0.1, 0.15) is 24.2 Å². The number of nitrogens with one attached hydrogen (secondary N) is 1. The van der Waals surface area contributed by atoms with Crippen LogP contribution in [0.2, 0.25) is 5.02 Å². The van der Waals surface area contributed by atoms with E-state index >= 15 is 0 Å². The molecule has 22 heavy (non-hydrogen) atoms. The van der Waals surface area contributed by atoms with Gasteiger partial charge in [-0.25, -0.2) is 9.59 Å². The van der Waals surface area contributed by atoms with Gasteiger partial charge in [-0.15, -0.1) is 0 Å². The molecule has 7 heteroatoms. The van der Waals surface area contributed by atoms with E-state index in [4.69, 9.17) is 31.4 Å². The van der Waals surface area contributed by atoms with Crippen LogP contribution in [-0.4, -0.2) is 33.3 Å². The zero-order valence-corrected chi connectivity index (χ0v) is 13.0. The highest BCUT2D eigenvalue weighted by Gasteiger charge is 2.21. The lowest BCUT2D eigenvalue weighted by molar-refractivity contribution is -0.159. The number of carbonyl (C=O) groups is 2. The first kappa shape index (κ1) is 16.3. The van der Waals surface area contributed by atoms with Crippen molar-refractivity contribution in [3.63, 3.8) is 0 Å². The number of hydrogen-bond donors (Lipinski definition) is 3. The monoisotopic (exact) mass is 324 g/mol. The third-order valence-corrected chi connectivity index (χ3v) is 3.94. The molecule has 0 saturated heterocycles. The summed E-state index contributed by atoms with van der Waals surface area (Å²) < 4.78 is 2.42. The maximum atomic E-state index is 9.10. The lowest BCUT2D eigenvalue weighted by Crippen LogP contribution is -2.31. The summed E-state index contributed by atoms with van der Waals surface area (Å²) in [7, 11) is 0. The van der Waals surface area contributed by atoms with Crippen LogP contribution in [0.15, 0.2) is 18.2 Å². The van der Waals surface area contributed by atoms with Gasteiger partial charge in [0.25, 0.3) is 0 Å². The highest BCUT2D eigenvalue weighted by Crippen LogP contribution is 2.32. The van der Waals surface area contributed by atoms with Crippen molar-refractivity contribution in [2.75, 3.05) is 6.54 Å². The molecule has 6 nitrogen and oxygen atoms in total. The van der Waals surface area contributed by atoms with Crippen molar-refractivity contribution in [2.45, 2.75) is 26.4 Å². The van der Waals surface area contributed by atoms with E-state index in [0.717, 1.165) is 18.1 Å². The second-order valence-corrected chi connectivity index (χ2v) is 5.63. The van der Waals surface area contributed by atoms with Crippen molar-refractivity contribution in [1.82, 2.24) is 9.88 Å². The fraction of sp³-hybridized carbons (Fsp3) is 0.333. The molecule has 1 aliphatic rings. The Hall–Kier alpha value is -2.05. The van der Waals surface area contributed by atoms with Gasteiger partial charge in [-0.3, -0.25) is 0 Å². The number of hydrogen-bond acceptors (Lipinski definition) is 3. The maximum Gasteiger partial charge on any atom is 0.414 e. The van der Waals surface area contributed by atoms with E-state index in [2.05, 4.69) is 35.9 Å². The van der Waals surface area contributed by atoms with Gasteiger partial charge in [0.05, 0.1) is 5.52 Å². The van der Waals surface area contributed by atoms with Gasteiger partial charge in [0.1, 0.15) is 0 Å². The molecule has 0 radical (unpaired) electrons. The van der Waals surface area contributed by atoms with Gasteiger partial charge in [0, 0.05) is 35.2 Å². The normalized spacial score (nSPS) is 16.6. The number of carboxylic acids is 2. The van der Waals surface area contributed by atoms with E-state index in [0.29, 0.717) is 6.04 Å². The highest BCUT2D eigenvalue weighted by atomic mass is 35.5. The summed E-state index contributed by atoms with van der Waals surface area (Å²) in [5.41, 5.74) is 4.05. The van der Waals surface area contributed by atoms with E-state index in [9.17, 15) is 0 Å². The van der Waals surface area contributed by atoms with Crippen LogP contribution in [0.5, 0.6) is 0 Å². The number of halogens is 1. The maximum absolute atomic E-state index is 9.10. The van der Waals surface area contributed by atoms with Gasteiger partial charge in [-0.05, 0) is 31.5 Å². The Morgan fingerprint density at radius 1 is 1.32 bits per heavy atom. The van der Waals surface area contributed by atoms with Gasteiger partial charge < -0.3 is 20.1 Å². The van der Waals surface area contributed by atoms with Crippen LogP contribution in [0.25, 0.3) is 10.9 Å². The summed E-state index contributed by atoms with van der Waals surface area (Å²) >= 11 is 6.09. The van der Waals surface area contributed by atoms with Crippen molar-refractivity contribution in [1.29, 1.82) is 0 Å². The van der Waals surface area contributed by atoms with Gasteiger partial charge in [0.2, 0.25) is 0 Å². The van der Waals surface area contributed by atoms with Gasteiger partial charge in [0.15, 0.2) is 0 Å². The Morgan fingerprint density at radius 2 is 1.95 bits per heavy atom. The zero-order chi connectivity index (χ0) is 16.4. The van der Waals surface area contributed by atoms with E-state index in [1.54, 1.807) is 0 Å². The molecule has 1 aliphatic heterocycles. The summed E-state index contributed by atoms with van der Waals surface area (Å²) in [4.78, 5) is 18.2. The molecule has 0 saturated carbocycles. The Labute approximate surface area is 132 Å². The minimum Gasteiger partial charge on any atom is -0.473 e. The lowest BCUT2D eigenvalue weighted by atomic mass is 10.1. The van der Waals surface area contributed by atoms with Crippen molar-refractivity contribution in [3.05, 3.63) is 34.5 Å². The molecular weight excluding hydrogens is 308 g/mol. The molecule has 118 valence electrons. The van der Waals surface area contributed by atoms with Crippen molar-refractivity contribution in [3.8, 4) is 0 Å². The average molecular weight is 325 g/mol. The summed E-state index contributed by atoms with van der Waals surface area (Å²) in [6, 6.07) is 6.68. The predicted octanol–water partition coefficient (Wildman–Crippen LogP) is 2.42. The van der Waals surface area contributed by atoms with Crippen LogP contribution in [0, 0.1) is 6.92 Å². The second-order valence-electron chi connectivity index (χ2n) is 5.19. The molecule has 0 spiro atoms. The van der Waals surface area contributed by atoms with Crippen LogP contribution >= 0.6 is 11.6 Å². The molecule has 0 fully saturated rings. The summed E-state index contributed by atoms with van der Waals surface area (Å²) in [6.45, 7) is 6.43. The molecule has 0 amide bonds. The number of carboxylic acid groups (broad SMARTS) is 2. The van der Waals surface area contributed by atoms with Crippen LogP contribution in [0.4, 0.5) is 0 Å². The van der Waals surface area contributed by atoms with Crippen molar-refractivity contribution >= 4 is 34.4 Å². The Bertz CT molecular complexity index is 727. The number of nitrogens with zero attached hydrogens (tertiary/aromatic N) is 1. The highest BCUT2D eigenvalue weighted by molar-refractivity contribution is 6.31. The van der Waals surface area contributed by atoms with E-state index in [-0.39, 0.29) is 0 Å². The minimum absolute atomic E-state index is 0.499. The minimum atomic E-state index is -1.82. The van der Waals surface area contributed by atoms with Gasteiger partial charge >= 0.3 is 11.9 Å². The predicted molar refractivity (Wildman–Crippen MR) is 83.4 cm³/mol. The number of aromatic nitrogens is 1. The van der Waals surface area contributed by atoms with Crippen LogP contribution < -0.4 is 5.32 Å². The van der Waals surface area contributed by atoms with Gasteiger partial charge in [-0.1, -0.05) is 17.7 Å². The fourth-order valence-corrected chi connectivity index (χ4v) is 2.88. The summed E-state index contributed by atoms with van der Waals surface area (Å²) in [6.07, 6.45) is 0. The number of fused-ring (bicyclic) bond motifs is 3. The molecule has 1 aromatic carbocycles. The third kappa shape index (κ3) is 3.08. The number of aliphatic carboxylic acids is 2. The summed E-state index contributed by atoms with van der Waals surface area (Å²) in [5, 5.41) is 20.4. The molecule has 2 heterocycles. The Balaban J connectivity index is 0.000000254. The number of rotatable bonds is 0. The first-order valence-electron chi connectivity index (χ1n) is 6.78. The standard InChI is InChI=1S/C13H15ClN2.C2H2O4/c1-8-6-15-7-13-9(2)11-4-3-10(14)5-12(11)16(8)13;3-1(4)2(5)6/h3-5,8,15H,6-7H2,1-2H3;(H,3,4)(H,5,6)/t8-;/m1./s1. The third-order valence-electron chi connectivity index (χ3n) is 3.70. The van der Waals surface area contributed by atoms with Gasteiger partial charge in [-0.2, -0.15) is 0 Å². The fourth-order valence-electron chi connectivity index (χ4n) is 2.71. The lowest BCUT2D eigenvalue weighted by Gasteiger charge is -2.25. The number of aryl methyl sites for hydroxylation is 1. The average Bonchev–Trinajstić information content (AvgIpc) is 2.73. The van der Waals surface area contributed by atoms with Crippen LogP contribution in [-0.2, 0) is 16.1 Å². The molecule has 0 unspecified atom stereocenters. The largest absolute Gasteiger partial charge is 0.473 e. The number of benzene rings is 1. The van der Waals surface area contributed by atoms with Crippen LogP contribution in [0.3, 0.4) is 0 Å². The molecule has 1 atom stereocenters. The first-order valence-corrected chi connectivity index (χ1v) is 7.16. The molecule has 3 rings (SSSR count). The molecule has 2 aromatic rings. The second kappa shape index (κ2) is 6.37. The Kier molecular flexibility index (Phi) is 4.73. The Morgan fingerprint density at radius 3 is 2.55 bits per heavy atom. The smallest absolute Gasteiger partial charge is 0.414 e. The van der Waals surface area contributed by atoms with E-state index in [1.165, 1.54) is 22.2 Å². The topological polar surface area (TPSA) is 91.6 Å². The molecule has 1 aromatic heterocycles.